The summed E-state index contributed by atoms with van der Waals surface area (Å²) in [6, 6.07) is 0. The van der Waals surface area contributed by atoms with Crippen LogP contribution in [0, 0.1) is 0 Å². The molecule has 1 aliphatic carbocycles. The number of carbonyl (C=O) groups is 1. The molecule has 1 aliphatic rings. The van der Waals surface area contributed by atoms with Gasteiger partial charge >= 0.3 is 5.97 Å². The smallest absolute Gasteiger partial charge is 0.306 e. The topological polar surface area (TPSA) is 26.3 Å². The quantitative estimate of drug-likeness (QED) is 0.695. The van der Waals surface area contributed by atoms with Crippen molar-refractivity contribution in [2.75, 3.05) is 0 Å². The van der Waals surface area contributed by atoms with Crippen LogP contribution < -0.4 is 0 Å². The molecule has 2 nitrogen and oxygen atoms in total. The van der Waals surface area contributed by atoms with E-state index in [1.54, 1.807) is 0 Å². The van der Waals surface area contributed by atoms with E-state index < -0.39 is 0 Å². The van der Waals surface area contributed by atoms with Crippen molar-refractivity contribution in [1.82, 2.24) is 0 Å². The Morgan fingerprint density at radius 2 is 1.92 bits per heavy atom. The minimum absolute atomic E-state index is 0. The van der Waals surface area contributed by atoms with Crippen molar-refractivity contribution in [1.29, 1.82) is 0 Å². The van der Waals surface area contributed by atoms with Gasteiger partial charge in [0.05, 0.1) is 0 Å². The van der Waals surface area contributed by atoms with Gasteiger partial charge in [-0.25, -0.2) is 0 Å². The van der Waals surface area contributed by atoms with E-state index in [-0.39, 0.29) is 28.9 Å². The van der Waals surface area contributed by atoms with Gasteiger partial charge < -0.3 is 4.74 Å². The molecule has 0 aromatic carbocycles. The second-order valence-corrected chi connectivity index (χ2v) is 3.50. The maximum atomic E-state index is 11.1. The summed E-state index contributed by atoms with van der Waals surface area (Å²) in [7, 11) is 0. The molecule has 0 N–H and O–H groups in total. The molecule has 0 atom stereocenters. The van der Waals surface area contributed by atoms with Gasteiger partial charge in [-0.1, -0.05) is 13.3 Å². The number of esters is 1. The van der Waals surface area contributed by atoms with Crippen LogP contribution in [-0.4, -0.2) is 12.1 Å². The first-order valence-corrected chi connectivity index (χ1v) is 5.02. The standard InChI is InChI=1S/C10H18O2.Co/c1-2-6-10(11)12-9-7-4-3-5-8-9;/h9H,2-8H2,1H3;. The van der Waals surface area contributed by atoms with Crippen LogP contribution in [0.3, 0.4) is 0 Å². The van der Waals surface area contributed by atoms with Crippen molar-refractivity contribution in [3.63, 3.8) is 0 Å². The fourth-order valence-corrected chi connectivity index (χ4v) is 1.63. The number of ether oxygens (including phenoxy) is 1. The third-order valence-corrected chi connectivity index (χ3v) is 2.30. The summed E-state index contributed by atoms with van der Waals surface area (Å²) < 4.78 is 5.29. The molecule has 0 aliphatic heterocycles. The molecule has 0 spiro atoms. The van der Waals surface area contributed by atoms with Crippen molar-refractivity contribution < 1.29 is 26.3 Å². The van der Waals surface area contributed by atoms with Crippen LogP contribution in [0.2, 0.25) is 0 Å². The van der Waals surface area contributed by atoms with Gasteiger partial charge in [-0.2, -0.15) is 0 Å². The van der Waals surface area contributed by atoms with Gasteiger partial charge in [-0.05, 0) is 32.1 Å². The van der Waals surface area contributed by atoms with Gasteiger partial charge in [-0.3, -0.25) is 4.79 Å². The van der Waals surface area contributed by atoms with Crippen LogP contribution in [0.4, 0.5) is 0 Å². The molecule has 0 unspecified atom stereocenters. The van der Waals surface area contributed by atoms with E-state index in [0.717, 1.165) is 19.3 Å². The Bertz CT molecular complexity index is 142. The summed E-state index contributed by atoms with van der Waals surface area (Å²) in [6.45, 7) is 2.00. The molecule has 0 amide bonds. The molecular weight excluding hydrogens is 211 g/mol. The maximum Gasteiger partial charge on any atom is 0.306 e. The molecule has 13 heavy (non-hydrogen) atoms. The summed E-state index contributed by atoms with van der Waals surface area (Å²) in [5.74, 6) is -0.00981. The zero-order valence-electron chi connectivity index (χ0n) is 8.18. The van der Waals surface area contributed by atoms with E-state index in [4.69, 9.17) is 4.74 Å². The molecule has 0 saturated heterocycles. The van der Waals surface area contributed by atoms with E-state index >= 15 is 0 Å². The van der Waals surface area contributed by atoms with Crippen LogP contribution in [-0.2, 0) is 26.3 Å². The molecule has 79 valence electrons. The molecule has 1 radical (unpaired) electrons. The Morgan fingerprint density at radius 3 is 2.46 bits per heavy atom. The van der Waals surface area contributed by atoms with Crippen LogP contribution in [0.1, 0.15) is 51.9 Å². The van der Waals surface area contributed by atoms with Gasteiger partial charge in [0.25, 0.3) is 0 Å². The predicted octanol–water partition coefficient (Wildman–Crippen LogP) is 2.66. The van der Waals surface area contributed by atoms with Crippen LogP contribution in [0.25, 0.3) is 0 Å². The zero-order chi connectivity index (χ0) is 8.81. The predicted molar refractivity (Wildman–Crippen MR) is 47.9 cm³/mol. The third kappa shape index (κ3) is 5.31. The second-order valence-electron chi connectivity index (χ2n) is 3.50. The molecule has 0 bridgehead atoms. The first-order chi connectivity index (χ1) is 5.83. The minimum Gasteiger partial charge on any atom is -0.462 e. The molecule has 0 heterocycles. The summed E-state index contributed by atoms with van der Waals surface area (Å²) in [6.07, 6.45) is 7.63. The van der Waals surface area contributed by atoms with Crippen molar-refractivity contribution in [3.8, 4) is 0 Å². The maximum absolute atomic E-state index is 11.1. The van der Waals surface area contributed by atoms with Crippen molar-refractivity contribution >= 4 is 5.97 Å². The Morgan fingerprint density at radius 1 is 1.31 bits per heavy atom. The van der Waals surface area contributed by atoms with Crippen LogP contribution in [0.15, 0.2) is 0 Å². The Balaban J connectivity index is 0.00000144. The summed E-state index contributed by atoms with van der Waals surface area (Å²) in [4.78, 5) is 11.1. The summed E-state index contributed by atoms with van der Waals surface area (Å²) >= 11 is 0. The van der Waals surface area contributed by atoms with Gasteiger partial charge in [0.2, 0.25) is 0 Å². The van der Waals surface area contributed by atoms with Gasteiger partial charge in [-0.15, -0.1) is 0 Å². The molecule has 1 fully saturated rings. The third-order valence-electron chi connectivity index (χ3n) is 2.30. The van der Waals surface area contributed by atoms with Gasteiger partial charge in [0.1, 0.15) is 6.10 Å². The van der Waals surface area contributed by atoms with E-state index in [1.165, 1.54) is 19.3 Å². The van der Waals surface area contributed by atoms with E-state index in [0.29, 0.717) is 6.42 Å². The Kier molecular flexibility index (Phi) is 7.37. The first-order valence-electron chi connectivity index (χ1n) is 5.02. The molecular formula is C10H18CoO2. The average molecular weight is 229 g/mol. The first kappa shape index (κ1) is 13.0. The van der Waals surface area contributed by atoms with E-state index in [9.17, 15) is 4.79 Å². The second kappa shape index (κ2) is 7.39. The normalized spacial score (nSPS) is 17.6. The molecule has 1 saturated carbocycles. The monoisotopic (exact) mass is 229 g/mol. The van der Waals surface area contributed by atoms with Crippen molar-refractivity contribution in [2.24, 2.45) is 0 Å². The molecule has 1 rings (SSSR count). The van der Waals surface area contributed by atoms with Crippen LogP contribution >= 0.6 is 0 Å². The van der Waals surface area contributed by atoms with E-state index in [2.05, 4.69) is 0 Å². The Labute approximate surface area is 90.6 Å². The van der Waals surface area contributed by atoms with Gasteiger partial charge in [0.15, 0.2) is 0 Å². The van der Waals surface area contributed by atoms with Crippen LogP contribution in [0.5, 0.6) is 0 Å². The van der Waals surface area contributed by atoms with Gasteiger partial charge in [0, 0.05) is 23.2 Å². The molecule has 0 aromatic heterocycles. The Hall–Kier alpha value is -0.0235. The largest absolute Gasteiger partial charge is 0.462 e. The summed E-state index contributed by atoms with van der Waals surface area (Å²) in [5, 5.41) is 0. The van der Waals surface area contributed by atoms with E-state index in [1.807, 2.05) is 6.92 Å². The van der Waals surface area contributed by atoms with Crippen molar-refractivity contribution in [2.45, 2.75) is 58.0 Å². The minimum atomic E-state index is -0.00981. The average Bonchev–Trinajstić information content (AvgIpc) is 2.06. The number of hydrogen-bond donors (Lipinski definition) is 0. The fraction of sp³-hybridized carbons (Fsp3) is 0.900. The molecule has 0 aromatic rings. The molecule has 3 heteroatoms. The number of carbonyl (C=O) groups excluding carboxylic acids is 1. The SMILES string of the molecule is CCCC(=O)OC1CCCCC1.[Co]. The van der Waals surface area contributed by atoms with Crippen molar-refractivity contribution in [3.05, 3.63) is 0 Å². The number of hydrogen-bond acceptors (Lipinski definition) is 2. The zero-order valence-corrected chi connectivity index (χ0v) is 9.22. The fourth-order valence-electron chi connectivity index (χ4n) is 1.63. The number of rotatable bonds is 3. The summed E-state index contributed by atoms with van der Waals surface area (Å²) in [5.41, 5.74) is 0.